The van der Waals surface area contributed by atoms with E-state index in [0.29, 0.717) is 5.56 Å². The summed E-state index contributed by atoms with van der Waals surface area (Å²) in [5.74, 6) is 0. The summed E-state index contributed by atoms with van der Waals surface area (Å²) in [6, 6.07) is 69.1. The maximum atomic E-state index is 9.72. The van der Waals surface area contributed by atoms with Crippen molar-refractivity contribution in [3.8, 4) is 45.3 Å². The monoisotopic (exact) mass is 697 g/mol. The topological polar surface area (TPSA) is 41.6 Å². The molecule has 0 N–H and O–H groups in total. The van der Waals surface area contributed by atoms with Gasteiger partial charge in [0.05, 0.1) is 33.9 Å². The molecule has 0 aliphatic carbocycles. The molecule has 0 amide bonds. The van der Waals surface area contributed by atoms with E-state index in [4.69, 9.17) is 4.98 Å². The smallest absolute Gasteiger partial charge is 0.0992 e. The van der Waals surface area contributed by atoms with E-state index in [1.54, 1.807) is 0 Å². The number of aromatic nitrogens is 2. The molecule has 0 spiro atoms. The molecule has 0 fully saturated rings. The summed E-state index contributed by atoms with van der Waals surface area (Å²) in [5.41, 5.74) is 11.6. The van der Waals surface area contributed by atoms with E-state index in [1.165, 1.54) is 32.5 Å². The first-order valence-electron chi connectivity index (χ1n) is 18.6. The van der Waals surface area contributed by atoms with Gasteiger partial charge in [-0.1, -0.05) is 146 Å². The van der Waals surface area contributed by atoms with Crippen molar-refractivity contribution in [2.24, 2.45) is 0 Å². The Hall–Kier alpha value is -7.54. The van der Waals surface area contributed by atoms with Crippen molar-refractivity contribution in [3.05, 3.63) is 194 Å². The minimum Gasteiger partial charge on any atom is -0.309 e. The van der Waals surface area contributed by atoms with Crippen LogP contribution in [-0.4, -0.2) is 9.55 Å². The van der Waals surface area contributed by atoms with Crippen molar-refractivity contribution in [3.63, 3.8) is 0 Å². The molecule has 0 radical (unpaired) electrons. The molecule has 11 rings (SSSR count). The zero-order valence-corrected chi connectivity index (χ0v) is 29.7. The van der Waals surface area contributed by atoms with Crippen molar-refractivity contribution in [1.82, 2.24) is 9.55 Å². The summed E-state index contributed by atoms with van der Waals surface area (Å²) in [6.45, 7) is 0. The van der Waals surface area contributed by atoms with Crippen LogP contribution in [0.2, 0.25) is 0 Å². The van der Waals surface area contributed by atoms with Crippen LogP contribution >= 0.6 is 0 Å². The molecule has 3 heteroatoms. The minimum absolute atomic E-state index is 0.651. The second-order valence-corrected chi connectivity index (χ2v) is 14.2. The minimum atomic E-state index is 0.651. The van der Waals surface area contributed by atoms with Crippen molar-refractivity contribution in [2.45, 2.75) is 0 Å². The fraction of sp³-hybridized carbons (Fsp3) is 0. The Labute approximate surface area is 317 Å². The second-order valence-electron chi connectivity index (χ2n) is 14.2. The summed E-state index contributed by atoms with van der Waals surface area (Å²) < 4.78 is 2.26. The lowest BCUT2D eigenvalue weighted by Crippen LogP contribution is -1.94. The highest BCUT2D eigenvalue weighted by atomic mass is 15.0. The average Bonchev–Trinajstić information content (AvgIpc) is 3.59. The largest absolute Gasteiger partial charge is 0.309 e. The Bertz CT molecular complexity index is 3350. The average molecular weight is 698 g/mol. The van der Waals surface area contributed by atoms with Gasteiger partial charge in [-0.15, -0.1) is 0 Å². The third-order valence-electron chi connectivity index (χ3n) is 11.2. The first-order valence-corrected chi connectivity index (χ1v) is 18.6. The maximum Gasteiger partial charge on any atom is 0.0992 e. The van der Waals surface area contributed by atoms with E-state index in [2.05, 4.69) is 180 Å². The fourth-order valence-electron chi connectivity index (χ4n) is 8.62. The van der Waals surface area contributed by atoms with Gasteiger partial charge in [-0.05, 0) is 80.9 Å². The van der Waals surface area contributed by atoms with Crippen molar-refractivity contribution < 1.29 is 0 Å². The van der Waals surface area contributed by atoms with E-state index in [-0.39, 0.29) is 0 Å². The molecule has 0 saturated carbocycles. The lowest BCUT2D eigenvalue weighted by atomic mass is 9.89. The molecule has 55 heavy (non-hydrogen) atoms. The van der Waals surface area contributed by atoms with E-state index < -0.39 is 0 Å². The number of pyridine rings is 1. The zero-order valence-electron chi connectivity index (χ0n) is 29.7. The Morgan fingerprint density at radius 2 is 1.09 bits per heavy atom. The van der Waals surface area contributed by atoms with E-state index >= 15 is 0 Å². The molecule has 2 heterocycles. The van der Waals surface area contributed by atoms with E-state index in [1.807, 2.05) is 18.2 Å². The fourth-order valence-corrected chi connectivity index (χ4v) is 8.62. The van der Waals surface area contributed by atoms with Gasteiger partial charge in [0.2, 0.25) is 0 Å². The zero-order chi connectivity index (χ0) is 36.5. The van der Waals surface area contributed by atoms with Crippen LogP contribution in [0.15, 0.2) is 188 Å². The molecule has 0 aliphatic rings. The number of para-hydroxylation sites is 1. The van der Waals surface area contributed by atoms with Crippen molar-refractivity contribution >= 4 is 65.0 Å². The van der Waals surface area contributed by atoms with Gasteiger partial charge >= 0.3 is 0 Å². The Morgan fingerprint density at radius 3 is 1.89 bits per heavy atom. The van der Waals surface area contributed by atoms with E-state index in [0.717, 1.165) is 71.7 Å². The highest BCUT2D eigenvalue weighted by molar-refractivity contribution is 6.28. The van der Waals surface area contributed by atoms with Crippen molar-refractivity contribution in [2.75, 3.05) is 0 Å². The van der Waals surface area contributed by atoms with Gasteiger partial charge in [0.25, 0.3) is 0 Å². The van der Waals surface area contributed by atoms with Gasteiger partial charge in [-0.3, -0.25) is 0 Å². The van der Waals surface area contributed by atoms with Crippen LogP contribution < -0.4 is 0 Å². The number of hydrogen-bond acceptors (Lipinski definition) is 2. The third kappa shape index (κ3) is 4.86. The quantitative estimate of drug-likeness (QED) is 0.172. The van der Waals surface area contributed by atoms with Crippen LogP contribution in [0.25, 0.3) is 104 Å². The summed E-state index contributed by atoms with van der Waals surface area (Å²) >= 11 is 0. The standard InChI is InChI=1S/C52H31N3/c53-32-33-19-26-42-46-30-38(25-28-48(46)55(49(42)29-33)39-14-5-2-6-15-39)34-20-22-36(23-21-34)45-31-47-50(43-18-10-9-17-41(43)45)44-27-24-35-11-7-8-16-40(35)52(44)54-51(47)37-12-3-1-4-13-37/h1-31H. The first-order chi connectivity index (χ1) is 27.2. The van der Waals surface area contributed by atoms with Crippen LogP contribution in [0.5, 0.6) is 0 Å². The molecule has 0 bridgehead atoms. The first kappa shape index (κ1) is 31.0. The third-order valence-corrected chi connectivity index (χ3v) is 11.2. The summed E-state index contributed by atoms with van der Waals surface area (Å²) in [6.07, 6.45) is 0. The van der Waals surface area contributed by atoms with Gasteiger partial charge in [0, 0.05) is 43.6 Å². The molecule has 254 valence electrons. The SMILES string of the molecule is N#Cc1ccc2c3cc(-c4ccc(-c5cc6c(-c7ccccc7)nc7c8ccccc8ccc7c6c6ccccc56)cc4)ccc3n(-c3ccccc3)c2c1. The Morgan fingerprint density at radius 1 is 0.418 bits per heavy atom. The number of benzene rings is 9. The Balaban J connectivity index is 1.10. The predicted molar refractivity (Wildman–Crippen MR) is 230 cm³/mol. The molecule has 0 atom stereocenters. The second kappa shape index (κ2) is 12.3. The van der Waals surface area contributed by atoms with Gasteiger partial charge in [0.1, 0.15) is 0 Å². The van der Waals surface area contributed by atoms with Crippen LogP contribution in [-0.2, 0) is 0 Å². The molecule has 9 aromatic carbocycles. The lowest BCUT2D eigenvalue weighted by molar-refractivity contribution is 1.18. The maximum absolute atomic E-state index is 9.72. The van der Waals surface area contributed by atoms with E-state index in [9.17, 15) is 5.26 Å². The number of nitriles is 1. The van der Waals surface area contributed by atoms with Gasteiger partial charge in [-0.2, -0.15) is 5.26 Å². The van der Waals surface area contributed by atoms with Gasteiger partial charge in [0.15, 0.2) is 0 Å². The molecular weight excluding hydrogens is 667 g/mol. The van der Waals surface area contributed by atoms with Crippen LogP contribution in [0.1, 0.15) is 5.56 Å². The van der Waals surface area contributed by atoms with Gasteiger partial charge < -0.3 is 4.57 Å². The molecule has 3 nitrogen and oxygen atoms in total. The highest BCUT2D eigenvalue weighted by Crippen LogP contribution is 2.43. The molecule has 0 saturated heterocycles. The normalized spacial score (nSPS) is 11.6. The summed E-state index contributed by atoms with van der Waals surface area (Å²) in [5, 5.41) is 20.3. The summed E-state index contributed by atoms with van der Waals surface area (Å²) in [7, 11) is 0. The number of hydrogen-bond donors (Lipinski definition) is 0. The molecule has 11 aromatic rings. The van der Waals surface area contributed by atoms with Crippen LogP contribution in [0, 0.1) is 11.3 Å². The number of fused-ring (bicyclic) bond motifs is 10. The molecule has 0 aliphatic heterocycles. The highest BCUT2D eigenvalue weighted by Gasteiger charge is 2.19. The molecule has 2 aromatic heterocycles. The molecule has 0 unspecified atom stereocenters. The van der Waals surface area contributed by atoms with Gasteiger partial charge in [-0.25, -0.2) is 4.98 Å². The summed E-state index contributed by atoms with van der Waals surface area (Å²) in [4.78, 5) is 5.46. The number of rotatable bonds is 4. The van der Waals surface area contributed by atoms with Crippen molar-refractivity contribution in [1.29, 1.82) is 5.26 Å². The van der Waals surface area contributed by atoms with Crippen LogP contribution in [0.3, 0.4) is 0 Å². The lowest BCUT2D eigenvalue weighted by Gasteiger charge is -2.17. The predicted octanol–water partition coefficient (Wildman–Crippen LogP) is 13.7. The van der Waals surface area contributed by atoms with Crippen LogP contribution in [0.4, 0.5) is 0 Å². The molecular formula is C52H31N3. The number of nitrogens with zero attached hydrogens (tertiary/aromatic N) is 3. The Kier molecular flexibility index (Phi) is 6.92.